The van der Waals surface area contributed by atoms with Crippen molar-refractivity contribution < 1.29 is 23.9 Å². The zero-order valence-electron chi connectivity index (χ0n) is 13.6. The number of carbonyl (C=O) groups is 3. The highest BCUT2D eigenvalue weighted by Gasteiger charge is 2.17. The van der Waals surface area contributed by atoms with E-state index in [2.05, 4.69) is 10.6 Å². The second kappa shape index (κ2) is 10.5. The third-order valence-corrected chi connectivity index (χ3v) is 3.54. The Hall–Kier alpha value is -2.28. The summed E-state index contributed by atoms with van der Waals surface area (Å²) in [7, 11) is 0. The van der Waals surface area contributed by atoms with Crippen molar-refractivity contribution in [3.05, 3.63) is 35.9 Å². The van der Waals surface area contributed by atoms with Crippen LogP contribution in [0.15, 0.2) is 30.3 Å². The van der Waals surface area contributed by atoms with Gasteiger partial charge in [0.15, 0.2) is 5.78 Å². The van der Waals surface area contributed by atoms with E-state index in [1.807, 2.05) is 30.3 Å². The number of carboxylic acid groups (broad SMARTS) is 1. The number of carbonyl (C=O) groups excluding carboxylic acids is 2. The zero-order chi connectivity index (χ0) is 17.9. The van der Waals surface area contributed by atoms with E-state index < -0.39 is 24.5 Å². The van der Waals surface area contributed by atoms with Crippen LogP contribution in [0.25, 0.3) is 0 Å². The average molecular weight is 338 g/mol. The first-order valence-corrected chi connectivity index (χ1v) is 7.79. The lowest BCUT2D eigenvalue weighted by molar-refractivity contribution is -0.139. The Balaban J connectivity index is 2.62. The molecule has 0 aliphatic rings. The molecule has 2 atom stereocenters. The van der Waals surface area contributed by atoms with Crippen LogP contribution in [0.5, 0.6) is 0 Å². The van der Waals surface area contributed by atoms with Crippen molar-refractivity contribution in [2.75, 3.05) is 13.2 Å². The van der Waals surface area contributed by atoms with Gasteiger partial charge in [0, 0.05) is 19.0 Å². The van der Waals surface area contributed by atoms with E-state index >= 15 is 0 Å². The Morgan fingerprint density at radius 1 is 1.17 bits per heavy atom. The molecule has 1 aromatic rings. The minimum atomic E-state index is -1.04. The predicted octanol–water partition coefficient (Wildman–Crippen LogP) is 1.10. The van der Waals surface area contributed by atoms with Crippen LogP contribution in [0, 0.1) is 0 Å². The van der Waals surface area contributed by atoms with Crippen molar-refractivity contribution in [2.45, 2.75) is 38.3 Å². The summed E-state index contributed by atoms with van der Waals surface area (Å²) >= 11 is 0. The third-order valence-electron chi connectivity index (χ3n) is 3.54. The molecule has 1 unspecified atom stereocenters. The molecule has 3 N–H and O–H groups in total. The lowest BCUT2D eigenvalue weighted by atomic mass is 10.0. The standard InChI is InChI=1S/C17H23FN2O4/c1-12(15(21)10-18)19-11-14(9-13-5-3-2-4-6-13)20-16(22)7-8-17(23)24/h2-6,12,14,19H,7-11H2,1H3,(H,20,22)(H,23,24)/t12?,14-/m0/s1. The van der Waals surface area contributed by atoms with Crippen LogP contribution in [0.2, 0.25) is 0 Å². The second-order valence-corrected chi connectivity index (χ2v) is 5.58. The molecular weight excluding hydrogens is 315 g/mol. The zero-order valence-corrected chi connectivity index (χ0v) is 13.6. The number of aliphatic carboxylic acids is 1. The fraction of sp³-hybridized carbons (Fsp3) is 0.471. The summed E-state index contributed by atoms with van der Waals surface area (Å²) < 4.78 is 12.4. The third kappa shape index (κ3) is 7.82. The van der Waals surface area contributed by atoms with Gasteiger partial charge in [-0.05, 0) is 18.9 Å². The van der Waals surface area contributed by atoms with Crippen LogP contribution < -0.4 is 10.6 Å². The average Bonchev–Trinajstić information content (AvgIpc) is 2.57. The van der Waals surface area contributed by atoms with E-state index in [0.29, 0.717) is 6.42 Å². The summed E-state index contributed by atoms with van der Waals surface area (Å²) in [6.45, 7) is 0.802. The first kappa shape index (κ1) is 19.8. The molecular formula is C17H23FN2O4. The van der Waals surface area contributed by atoms with Gasteiger partial charge >= 0.3 is 5.97 Å². The quantitative estimate of drug-likeness (QED) is 0.561. The van der Waals surface area contributed by atoms with Gasteiger partial charge in [-0.1, -0.05) is 30.3 Å². The molecule has 6 nitrogen and oxygen atoms in total. The number of carboxylic acids is 1. The van der Waals surface area contributed by atoms with Crippen molar-refractivity contribution in [1.29, 1.82) is 0 Å². The summed E-state index contributed by atoms with van der Waals surface area (Å²) in [6, 6.07) is 8.47. The fourth-order valence-electron chi connectivity index (χ4n) is 2.14. The monoisotopic (exact) mass is 338 g/mol. The van der Waals surface area contributed by atoms with Gasteiger partial charge in [0.25, 0.3) is 0 Å². The van der Waals surface area contributed by atoms with Crippen LogP contribution in [-0.2, 0) is 20.8 Å². The maximum absolute atomic E-state index is 12.4. The molecule has 7 heteroatoms. The van der Waals surface area contributed by atoms with E-state index in [-0.39, 0.29) is 31.3 Å². The summed E-state index contributed by atoms with van der Waals surface area (Å²) in [5.74, 6) is -1.96. The molecule has 1 rings (SSSR count). The summed E-state index contributed by atoms with van der Waals surface area (Å²) in [4.78, 5) is 33.7. The van der Waals surface area contributed by atoms with Crippen LogP contribution in [0.4, 0.5) is 4.39 Å². The fourth-order valence-corrected chi connectivity index (χ4v) is 2.14. The summed E-state index contributed by atoms with van der Waals surface area (Å²) in [5.41, 5.74) is 0.993. The molecule has 0 aromatic heterocycles. The molecule has 0 aliphatic heterocycles. The number of ketones is 1. The van der Waals surface area contributed by atoms with E-state index in [4.69, 9.17) is 5.11 Å². The molecule has 0 saturated heterocycles. The van der Waals surface area contributed by atoms with Crippen LogP contribution >= 0.6 is 0 Å². The van der Waals surface area contributed by atoms with E-state index in [0.717, 1.165) is 5.56 Å². The van der Waals surface area contributed by atoms with Crippen LogP contribution in [0.1, 0.15) is 25.3 Å². The highest BCUT2D eigenvalue weighted by molar-refractivity contribution is 5.84. The minimum Gasteiger partial charge on any atom is -0.481 e. The minimum absolute atomic E-state index is 0.112. The van der Waals surface area contributed by atoms with Gasteiger partial charge in [-0.3, -0.25) is 14.4 Å². The van der Waals surface area contributed by atoms with Gasteiger partial charge in [-0.25, -0.2) is 4.39 Å². The number of alkyl halides is 1. The number of nitrogens with one attached hydrogen (secondary N) is 2. The first-order valence-electron chi connectivity index (χ1n) is 7.79. The Bertz CT molecular complexity index is 551. The van der Waals surface area contributed by atoms with Crippen molar-refractivity contribution in [3.8, 4) is 0 Å². The first-order chi connectivity index (χ1) is 11.4. The van der Waals surface area contributed by atoms with E-state index in [1.54, 1.807) is 6.92 Å². The Morgan fingerprint density at radius 3 is 2.42 bits per heavy atom. The molecule has 0 radical (unpaired) electrons. The Kier molecular flexibility index (Phi) is 8.64. The molecule has 0 spiro atoms. The molecule has 0 bridgehead atoms. The van der Waals surface area contributed by atoms with Gasteiger partial charge in [-0.15, -0.1) is 0 Å². The van der Waals surface area contributed by atoms with Crippen molar-refractivity contribution in [3.63, 3.8) is 0 Å². The highest BCUT2D eigenvalue weighted by Crippen LogP contribution is 2.04. The number of hydrogen-bond donors (Lipinski definition) is 3. The maximum Gasteiger partial charge on any atom is 0.303 e. The molecule has 0 heterocycles. The second-order valence-electron chi connectivity index (χ2n) is 5.58. The van der Waals surface area contributed by atoms with E-state index in [9.17, 15) is 18.8 Å². The predicted molar refractivity (Wildman–Crippen MR) is 87.4 cm³/mol. The summed E-state index contributed by atoms with van der Waals surface area (Å²) in [6.07, 6.45) is 0.164. The number of hydrogen-bond acceptors (Lipinski definition) is 4. The topological polar surface area (TPSA) is 95.5 Å². The molecule has 1 amide bonds. The lowest BCUT2D eigenvalue weighted by Crippen LogP contribution is -2.47. The molecule has 132 valence electrons. The van der Waals surface area contributed by atoms with Gasteiger partial charge in [0.1, 0.15) is 6.67 Å². The highest BCUT2D eigenvalue weighted by atomic mass is 19.1. The maximum atomic E-state index is 12.4. The smallest absolute Gasteiger partial charge is 0.303 e. The number of rotatable bonds is 11. The molecule has 0 aliphatic carbocycles. The molecule has 0 fully saturated rings. The van der Waals surface area contributed by atoms with Crippen molar-refractivity contribution >= 4 is 17.7 Å². The summed E-state index contributed by atoms with van der Waals surface area (Å²) in [5, 5.41) is 14.3. The van der Waals surface area contributed by atoms with Crippen LogP contribution in [-0.4, -0.2) is 48.1 Å². The number of amides is 1. The Morgan fingerprint density at radius 2 is 1.83 bits per heavy atom. The van der Waals surface area contributed by atoms with Crippen LogP contribution in [0.3, 0.4) is 0 Å². The van der Waals surface area contributed by atoms with Crippen molar-refractivity contribution in [2.24, 2.45) is 0 Å². The number of halogens is 1. The van der Waals surface area contributed by atoms with Gasteiger partial charge < -0.3 is 15.7 Å². The van der Waals surface area contributed by atoms with Gasteiger partial charge in [0.05, 0.1) is 12.5 Å². The van der Waals surface area contributed by atoms with Gasteiger partial charge in [-0.2, -0.15) is 0 Å². The molecule has 0 saturated carbocycles. The van der Waals surface area contributed by atoms with Gasteiger partial charge in [0.2, 0.25) is 5.91 Å². The number of Topliss-reactive ketones (excluding diaryl/α,β-unsaturated/α-hetero) is 1. The normalized spacial score (nSPS) is 13.1. The largest absolute Gasteiger partial charge is 0.481 e. The SMILES string of the molecule is CC(NC[C@H](Cc1ccccc1)NC(=O)CCC(=O)O)C(=O)CF. The number of benzene rings is 1. The molecule has 1 aromatic carbocycles. The van der Waals surface area contributed by atoms with E-state index in [1.165, 1.54) is 0 Å². The molecule has 24 heavy (non-hydrogen) atoms. The Labute approximate surface area is 140 Å². The lowest BCUT2D eigenvalue weighted by Gasteiger charge is -2.21. The van der Waals surface area contributed by atoms with Crippen molar-refractivity contribution in [1.82, 2.24) is 10.6 Å².